The number of alkyl halides is 3. The molecule has 1 saturated heterocycles. The molecule has 1 aliphatic rings. The third-order valence-electron chi connectivity index (χ3n) is 3.99. The maximum absolute atomic E-state index is 12.2. The molecule has 2 heterocycles. The third kappa shape index (κ3) is 5.38. The number of morpholine rings is 1. The van der Waals surface area contributed by atoms with E-state index in [1.165, 1.54) is 0 Å². The fourth-order valence-electron chi connectivity index (χ4n) is 2.70. The van der Waals surface area contributed by atoms with Gasteiger partial charge in [-0.05, 0) is 24.6 Å². The maximum Gasteiger partial charge on any atom is 0.405 e. The van der Waals surface area contributed by atoms with Crippen molar-refractivity contribution in [1.82, 2.24) is 20.1 Å². The number of halogens is 3. The number of aromatic nitrogens is 3. The summed E-state index contributed by atoms with van der Waals surface area (Å²) in [6, 6.07) is 7.72. The van der Waals surface area contributed by atoms with Crippen LogP contribution in [0.3, 0.4) is 0 Å². The minimum Gasteiger partial charge on any atom is -0.378 e. The van der Waals surface area contributed by atoms with Crippen LogP contribution in [0.25, 0.3) is 5.69 Å². The summed E-state index contributed by atoms with van der Waals surface area (Å²) < 4.78 is 43.9. The zero-order chi connectivity index (χ0) is 20.1. The first-order chi connectivity index (χ1) is 13.3. The zero-order valence-corrected chi connectivity index (χ0v) is 16.0. The number of carbonyl (C=O) groups excluding carboxylic acids is 1. The van der Waals surface area contributed by atoms with E-state index < -0.39 is 18.6 Å². The van der Waals surface area contributed by atoms with Crippen molar-refractivity contribution in [2.75, 3.05) is 43.5 Å². The number of amides is 1. The molecule has 0 atom stereocenters. The van der Waals surface area contributed by atoms with Gasteiger partial charge in [-0.15, -0.1) is 10.2 Å². The average molecular weight is 415 g/mol. The van der Waals surface area contributed by atoms with E-state index in [4.69, 9.17) is 4.74 Å². The summed E-state index contributed by atoms with van der Waals surface area (Å²) in [5, 5.41) is 10.7. The Labute approximate surface area is 164 Å². The highest BCUT2D eigenvalue weighted by Gasteiger charge is 2.28. The van der Waals surface area contributed by atoms with Gasteiger partial charge in [-0.25, -0.2) is 0 Å². The Morgan fingerprint density at radius 2 is 2.04 bits per heavy atom. The molecule has 2 aromatic rings. The van der Waals surface area contributed by atoms with Gasteiger partial charge in [0.15, 0.2) is 5.16 Å². The van der Waals surface area contributed by atoms with Crippen LogP contribution in [0, 0.1) is 6.92 Å². The van der Waals surface area contributed by atoms with Gasteiger partial charge in [-0.3, -0.25) is 9.36 Å². The standard InChI is InChI=1S/C17H20F3N5O2S/c1-12-3-2-4-13(9-12)25-15(24-5-7-27-8-6-24)22-23-16(25)28-10-14(26)21-11-17(18,19)20/h2-4,9H,5-8,10-11H2,1H3,(H,21,26). The molecular weight excluding hydrogens is 395 g/mol. The molecule has 7 nitrogen and oxygen atoms in total. The second kappa shape index (κ2) is 8.82. The number of carbonyl (C=O) groups is 1. The lowest BCUT2D eigenvalue weighted by Gasteiger charge is -2.28. The first-order valence-corrected chi connectivity index (χ1v) is 9.63. The number of nitrogens with one attached hydrogen (secondary N) is 1. The molecular formula is C17H20F3N5O2S. The van der Waals surface area contributed by atoms with Gasteiger partial charge in [0.1, 0.15) is 6.54 Å². The van der Waals surface area contributed by atoms with Crippen LogP contribution < -0.4 is 10.2 Å². The van der Waals surface area contributed by atoms with Crippen LogP contribution in [0.4, 0.5) is 19.1 Å². The van der Waals surface area contributed by atoms with Crippen LogP contribution in [0.1, 0.15) is 5.56 Å². The van der Waals surface area contributed by atoms with E-state index in [1.54, 1.807) is 0 Å². The van der Waals surface area contributed by atoms with Gasteiger partial charge in [0.25, 0.3) is 0 Å². The van der Waals surface area contributed by atoms with Crippen molar-refractivity contribution in [3.05, 3.63) is 29.8 Å². The van der Waals surface area contributed by atoms with E-state index in [9.17, 15) is 18.0 Å². The molecule has 1 aliphatic heterocycles. The minimum atomic E-state index is -4.44. The number of benzene rings is 1. The Hall–Kier alpha value is -2.27. The third-order valence-corrected chi connectivity index (χ3v) is 4.92. The van der Waals surface area contributed by atoms with Crippen LogP contribution in [-0.4, -0.2) is 65.4 Å². The molecule has 3 rings (SSSR count). The Morgan fingerprint density at radius 3 is 2.71 bits per heavy atom. The maximum atomic E-state index is 12.2. The predicted octanol–water partition coefficient (Wildman–Crippen LogP) is 2.18. The monoisotopic (exact) mass is 415 g/mol. The highest BCUT2D eigenvalue weighted by molar-refractivity contribution is 7.99. The molecule has 1 fully saturated rings. The highest BCUT2D eigenvalue weighted by Crippen LogP contribution is 2.27. The first kappa shape index (κ1) is 20.5. The molecule has 0 bridgehead atoms. The Bertz CT molecular complexity index is 821. The summed E-state index contributed by atoms with van der Waals surface area (Å²) in [6.45, 7) is 3.06. The Balaban J connectivity index is 1.80. The molecule has 0 radical (unpaired) electrons. The summed E-state index contributed by atoms with van der Waals surface area (Å²) >= 11 is 1.04. The van der Waals surface area contributed by atoms with E-state index in [1.807, 2.05) is 46.0 Å². The molecule has 28 heavy (non-hydrogen) atoms. The summed E-state index contributed by atoms with van der Waals surface area (Å²) in [7, 11) is 0. The predicted molar refractivity (Wildman–Crippen MR) is 98.9 cm³/mol. The van der Waals surface area contributed by atoms with Crippen LogP contribution in [0.15, 0.2) is 29.4 Å². The SMILES string of the molecule is Cc1cccc(-n2c(SCC(=O)NCC(F)(F)F)nnc2N2CCOCC2)c1. The number of nitrogens with zero attached hydrogens (tertiary/aromatic N) is 4. The van der Waals surface area contributed by atoms with Crippen molar-refractivity contribution in [1.29, 1.82) is 0 Å². The fourth-order valence-corrected chi connectivity index (χ4v) is 3.47. The van der Waals surface area contributed by atoms with E-state index in [-0.39, 0.29) is 5.75 Å². The van der Waals surface area contributed by atoms with Gasteiger partial charge >= 0.3 is 6.18 Å². The van der Waals surface area contributed by atoms with Crippen LogP contribution in [-0.2, 0) is 9.53 Å². The second-order valence-electron chi connectivity index (χ2n) is 6.24. The van der Waals surface area contributed by atoms with Crippen molar-refractivity contribution in [2.24, 2.45) is 0 Å². The van der Waals surface area contributed by atoms with Crippen LogP contribution in [0.5, 0.6) is 0 Å². The van der Waals surface area contributed by atoms with E-state index in [0.29, 0.717) is 37.4 Å². The quantitative estimate of drug-likeness (QED) is 0.730. The number of hydrogen-bond donors (Lipinski definition) is 1. The van der Waals surface area contributed by atoms with Crippen molar-refractivity contribution in [2.45, 2.75) is 18.3 Å². The summed E-state index contributed by atoms with van der Waals surface area (Å²) in [6.07, 6.45) is -4.44. The molecule has 152 valence electrons. The average Bonchev–Trinajstić information content (AvgIpc) is 3.09. The fraction of sp³-hybridized carbons (Fsp3) is 0.471. The Kier molecular flexibility index (Phi) is 6.45. The lowest BCUT2D eigenvalue weighted by atomic mass is 10.2. The van der Waals surface area contributed by atoms with Gasteiger partial charge in [0, 0.05) is 13.1 Å². The molecule has 0 saturated carbocycles. The number of thioether (sulfide) groups is 1. The van der Waals surface area contributed by atoms with Crippen LogP contribution in [0.2, 0.25) is 0 Å². The van der Waals surface area contributed by atoms with Crippen LogP contribution >= 0.6 is 11.8 Å². The topological polar surface area (TPSA) is 72.3 Å². The number of ether oxygens (including phenoxy) is 1. The van der Waals surface area contributed by atoms with Crippen molar-refractivity contribution in [3.8, 4) is 5.69 Å². The molecule has 1 aromatic carbocycles. The molecule has 1 N–H and O–H groups in total. The van der Waals surface area contributed by atoms with E-state index >= 15 is 0 Å². The second-order valence-corrected chi connectivity index (χ2v) is 7.18. The summed E-state index contributed by atoms with van der Waals surface area (Å²) in [5.74, 6) is -0.287. The largest absolute Gasteiger partial charge is 0.405 e. The summed E-state index contributed by atoms with van der Waals surface area (Å²) in [5.41, 5.74) is 1.86. The molecule has 11 heteroatoms. The van der Waals surface area contributed by atoms with E-state index in [0.717, 1.165) is 23.0 Å². The lowest BCUT2D eigenvalue weighted by Crippen LogP contribution is -2.38. The molecule has 1 amide bonds. The van der Waals surface area contributed by atoms with E-state index in [2.05, 4.69) is 10.2 Å². The van der Waals surface area contributed by atoms with Crippen molar-refractivity contribution < 1.29 is 22.7 Å². The zero-order valence-electron chi connectivity index (χ0n) is 15.2. The number of hydrogen-bond acceptors (Lipinski definition) is 6. The van der Waals surface area contributed by atoms with Crippen molar-refractivity contribution >= 4 is 23.6 Å². The van der Waals surface area contributed by atoms with Gasteiger partial charge in [0.05, 0.1) is 24.7 Å². The molecule has 0 aliphatic carbocycles. The van der Waals surface area contributed by atoms with Crippen molar-refractivity contribution in [3.63, 3.8) is 0 Å². The molecule has 1 aromatic heterocycles. The smallest absolute Gasteiger partial charge is 0.378 e. The molecule has 0 spiro atoms. The van der Waals surface area contributed by atoms with Gasteiger partial charge in [0.2, 0.25) is 11.9 Å². The normalized spacial score (nSPS) is 14.9. The molecule has 0 unspecified atom stereocenters. The minimum absolute atomic E-state index is 0.191. The van der Waals surface area contributed by atoms with Gasteiger partial charge in [-0.2, -0.15) is 13.2 Å². The lowest BCUT2D eigenvalue weighted by molar-refractivity contribution is -0.136. The Morgan fingerprint density at radius 1 is 1.29 bits per heavy atom. The van der Waals surface area contributed by atoms with Gasteiger partial charge in [-0.1, -0.05) is 23.9 Å². The number of anilines is 1. The number of rotatable bonds is 6. The highest BCUT2D eigenvalue weighted by atomic mass is 32.2. The van der Waals surface area contributed by atoms with Gasteiger partial charge < -0.3 is 15.0 Å². The summed E-state index contributed by atoms with van der Waals surface area (Å²) in [4.78, 5) is 13.8. The number of aryl methyl sites for hydroxylation is 1. The first-order valence-electron chi connectivity index (χ1n) is 8.65.